The van der Waals surface area contributed by atoms with Gasteiger partial charge in [-0.3, -0.25) is 0 Å². The third-order valence-corrected chi connectivity index (χ3v) is 4.25. The van der Waals surface area contributed by atoms with Crippen LogP contribution in [0.3, 0.4) is 0 Å². The molecule has 136 valence electrons. The Hall–Kier alpha value is -2.60. The normalized spacial score (nSPS) is 10.9. The Labute approximate surface area is 155 Å². The largest absolute Gasteiger partial charge is 0.487 e. The topological polar surface area (TPSA) is 53.4 Å². The standard InChI is InChI=1S/C19H18ClFN2O3/c1-3-23-10-12(11-26-16-6-5-13(21)9-14(16)20)17-15(23)7-8-22-18(17)19(24)25-4-2/h5-10H,3-4,11H2,1-2H3. The van der Waals surface area contributed by atoms with Crippen LogP contribution < -0.4 is 4.74 Å². The van der Waals surface area contributed by atoms with E-state index in [0.29, 0.717) is 11.1 Å². The number of carbonyl (C=O) groups is 1. The summed E-state index contributed by atoms with van der Waals surface area (Å²) >= 11 is 6.01. The summed E-state index contributed by atoms with van der Waals surface area (Å²) in [5.41, 5.74) is 1.90. The minimum Gasteiger partial charge on any atom is -0.487 e. The summed E-state index contributed by atoms with van der Waals surface area (Å²) in [7, 11) is 0. The number of ether oxygens (including phenoxy) is 2. The second-order valence-corrected chi connectivity index (χ2v) is 5.99. The molecule has 0 radical (unpaired) electrons. The summed E-state index contributed by atoms with van der Waals surface area (Å²) in [6.45, 7) is 4.90. The number of aromatic nitrogens is 2. The van der Waals surface area contributed by atoms with Crippen molar-refractivity contribution in [2.24, 2.45) is 0 Å². The van der Waals surface area contributed by atoms with E-state index in [4.69, 9.17) is 21.1 Å². The van der Waals surface area contributed by atoms with Gasteiger partial charge in [0.25, 0.3) is 0 Å². The molecule has 0 aliphatic rings. The van der Waals surface area contributed by atoms with Gasteiger partial charge in [-0.2, -0.15) is 0 Å². The summed E-state index contributed by atoms with van der Waals surface area (Å²) in [5.74, 6) is -0.543. The molecule has 3 aromatic rings. The van der Waals surface area contributed by atoms with Crippen LogP contribution in [0.1, 0.15) is 29.9 Å². The molecule has 0 atom stereocenters. The van der Waals surface area contributed by atoms with E-state index in [1.807, 2.05) is 23.8 Å². The maximum Gasteiger partial charge on any atom is 0.357 e. The fourth-order valence-corrected chi connectivity index (χ4v) is 3.02. The van der Waals surface area contributed by atoms with Crippen LogP contribution in [0.25, 0.3) is 10.9 Å². The van der Waals surface area contributed by atoms with Crippen LogP contribution in [0, 0.1) is 5.82 Å². The zero-order valence-electron chi connectivity index (χ0n) is 14.5. The van der Waals surface area contributed by atoms with Gasteiger partial charge in [0, 0.05) is 29.9 Å². The fraction of sp³-hybridized carbons (Fsp3) is 0.263. The van der Waals surface area contributed by atoms with E-state index in [0.717, 1.165) is 17.6 Å². The number of esters is 1. The maximum atomic E-state index is 13.2. The Morgan fingerprint density at radius 3 is 2.81 bits per heavy atom. The number of carbonyl (C=O) groups excluding carboxylic acids is 1. The molecule has 0 amide bonds. The first kappa shape index (κ1) is 18.2. The van der Waals surface area contributed by atoms with Crippen molar-refractivity contribution in [2.75, 3.05) is 6.61 Å². The SMILES string of the molecule is CCOC(=O)c1nccc2c1c(COc1ccc(F)cc1Cl)cn2CC. The highest BCUT2D eigenvalue weighted by atomic mass is 35.5. The monoisotopic (exact) mass is 376 g/mol. The summed E-state index contributed by atoms with van der Waals surface area (Å²) < 4.78 is 26.0. The molecule has 0 bridgehead atoms. The Morgan fingerprint density at radius 1 is 1.31 bits per heavy atom. The summed E-state index contributed by atoms with van der Waals surface area (Å²) in [4.78, 5) is 16.5. The van der Waals surface area contributed by atoms with E-state index in [2.05, 4.69) is 4.98 Å². The molecular weight excluding hydrogens is 359 g/mol. The van der Waals surface area contributed by atoms with E-state index in [1.165, 1.54) is 18.2 Å². The first-order chi connectivity index (χ1) is 12.5. The lowest BCUT2D eigenvalue weighted by Gasteiger charge is -2.08. The van der Waals surface area contributed by atoms with Crippen molar-refractivity contribution in [1.29, 1.82) is 0 Å². The first-order valence-electron chi connectivity index (χ1n) is 8.26. The Bertz CT molecular complexity index is 955. The molecule has 2 heterocycles. The molecule has 0 unspecified atom stereocenters. The zero-order chi connectivity index (χ0) is 18.7. The lowest BCUT2D eigenvalue weighted by atomic mass is 10.1. The number of fused-ring (bicyclic) bond motifs is 1. The van der Waals surface area contributed by atoms with Crippen LogP contribution >= 0.6 is 11.6 Å². The first-order valence-corrected chi connectivity index (χ1v) is 8.64. The summed E-state index contributed by atoms with van der Waals surface area (Å²) in [5, 5.41) is 0.874. The third kappa shape index (κ3) is 3.51. The van der Waals surface area contributed by atoms with Crippen molar-refractivity contribution < 1.29 is 18.7 Å². The van der Waals surface area contributed by atoms with Crippen LogP contribution in [0.4, 0.5) is 4.39 Å². The minimum absolute atomic E-state index is 0.160. The average Bonchev–Trinajstić information content (AvgIpc) is 2.99. The number of pyridine rings is 1. The van der Waals surface area contributed by atoms with E-state index < -0.39 is 11.8 Å². The van der Waals surface area contributed by atoms with Crippen molar-refractivity contribution in [3.8, 4) is 5.75 Å². The average molecular weight is 377 g/mol. The second-order valence-electron chi connectivity index (χ2n) is 5.58. The van der Waals surface area contributed by atoms with Crippen molar-refractivity contribution in [3.05, 3.63) is 58.8 Å². The van der Waals surface area contributed by atoms with Crippen molar-refractivity contribution in [1.82, 2.24) is 9.55 Å². The number of aryl methyl sites for hydroxylation is 1. The highest BCUT2D eigenvalue weighted by molar-refractivity contribution is 6.32. The molecule has 0 saturated carbocycles. The molecule has 2 aromatic heterocycles. The van der Waals surface area contributed by atoms with E-state index in [1.54, 1.807) is 13.1 Å². The maximum absolute atomic E-state index is 13.2. The van der Waals surface area contributed by atoms with Gasteiger partial charge in [0.15, 0.2) is 5.69 Å². The van der Waals surface area contributed by atoms with E-state index in [-0.39, 0.29) is 23.9 Å². The molecule has 5 nitrogen and oxygen atoms in total. The van der Waals surface area contributed by atoms with Crippen molar-refractivity contribution in [3.63, 3.8) is 0 Å². The van der Waals surface area contributed by atoms with Crippen LogP contribution in [-0.4, -0.2) is 22.1 Å². The third-order valence-electron chi connectivity index (χ3n) is 3.96. The number of rotatable bonds is 6. The van der Waals surface area contributed by atoms with E-state index >= 15 is 0 Å². The lowest BCUT2D eigenvalue weighted by molar-refractivity contribution is 0.0522. The van der Waals surface area contributed by atoms with Crippen LogP contribution in [-0.2, 0) is 17.9 Å². The Kier molecular flexibility index (Phi) is 5.42. The predicted octanol–water partition coefficient (Wildman–Crippen LogP) is 4.60. The molecule has 0 N–H and O–H groups in total. The van der Waals surface area contributed by atoms with Gasteiger partial charge in [0.05, 0.1) is 17.1 Å². The number of hydrogen-bond acceptors (Lipinski definition) is 4. The highest BCUT2D eigenvalue weighted by Gasteiger charge is 2.19. The molecular formula is C19H18ClFN2O3. The van der Waals surface area contributed by atoms with Gasteiger partial charge >= 0.3 is 5.97 Å². The predicted molar refractivity (Wildman–Crippen MR) is 97.1 cm³/mol. The van der Waals surface area contributed by atoms with Crippen molar-refractivity contribution >= 4 is 28.5 Å². The van der Waals surface area contributed by atoms with Crippen LogP contribution in [0.15, 0.2) is 36.7 Å². The lowest BCUT2D eigenvalue weighted by Crippen LogP contribution is -2.08. The molecule has 0 aliphatic heterocycles. The molecule has 26 heavy (non-hydrogen) atoms. The second kappa shape index (κ2) is 7.74. The fourth-order valence-electron chi connectivity index (χ4n) is 2.80. The Balaban J connectivity index is 2.00. The molecule has 0 aliphatic carbocycles. The number of hydrogen-bond donors (Lipinski definition) is 0. The van der Waals surface area contributed by atoms with Crippen LogP contribution in [0.5, 0.6) is 5.75 Å². The van der Waals surface area contributed by atoms with Gasteiger partial charge < -0.3 is 14.0 Å². The van der Waals surface area contributed by atoms with Gasteiger partial charge in [-0.15, -0.1) is 0 Å². The number of halogens is 2. The number of nitrogens with zero attached hydrogens (tertiary/aromatic N) is 2. The zero-order valence-corrected chi connectivity index (χ0v) is 15.2. The van der Waals surface area contributed by atoms with Gasteiger partial charge in [-0.05, 0) is 38.1 Å². The molecule has 1 aromatic carbocycles. The quantitative estimate of drug-likeness (QED) is 0.590. The molecule has 3 rings (SSSR count). The summed E-state index contributed by atoms with van der Waals surface area (Å²) in [6, 6.07) is 5.79. The summed E-state index contributed by atoms with van der Waals surface area (Å²) in [6.07, 6.45) is 3.49. The van der Waals surface area contributed by atoms with Gasteiger partial charge in [0.1, 0.15) is 18.2 Å². The molecule has 0 spiro atoms. The minimum atomic E-state index is -0.479. The Morgan fingerprint density at radius 2 is 2.12 bits per heavy atom. The van der Waals surface area contributed by atoms with Gasteiger partial charge in [-0.1, -0.05) is 11.6 Å². The van der Waals surface area contributed by atoms with E-state index in [9.17, 15) is 9.18 Å². The van der Waals surface area contributed by atoms with Gasteiger partial charge in [-0.25, -0.2) is 14.2 Å². The highest BCUT2D eigenvalue weighted by Crippen LogP contribution is 2.29. The molecule has 0 fully saturated rings. The number of benzene rings is 1. The van der Waals surface area contributed by atoms with Gasteiger partial charge in [0.2, 0.25) is 0 Å². The van der Waals surface area contributed by atoms with Crippen LogP contribution in [0.2, 0.25) is 5.02 Å². The molecule has 0 saturated heterocycles. The van der Waals surface area contributed by atoms with Crippen molar-refractivity contribution in [2.45, 2.75) is 27.0 Å². The molecule has 7 heteroatoms. The smallest absolute Gasteiger partial charge is 0.357 e.